The van der Waals surface area contributed by atoms with Crippen LogP contribution in [0.5, 0.6) is 0 Å². The Morgan fingerprint density at radius 1 is 1.06 bits per heavy atom. The lowest BCUT2D eigenvalue weighted by Gasteiger charge is -2.06. The van der Waals surface area contributed by atoms with E-state index < -0.39 is 0 Å². The third-order valence-corrected chi connectivity index (χ3v) is 3.21. The second kappa shape index (κ2) is 5.83. The van der Waals surface area contributed by atoms with Crippen LogP contribution in [0.15, 0.2) is 53.0 Å². The van der Waals surface area contributed by atoms with E-state index in [2.05, 4.69) is 21.2 Å². The summed E-state index contributed by atoms with van der Waals surface area (Å²) in [7, 11) is 0. The van der Waals surface area contributed by atoms with Crippen LogP contribution in [0, 0.1) is 6.92 Å². The molecule has 0 radical (unpaired) electrons. The quantitative estimate of drug-likeness (QED) is 0.920. The van der Waals surface area contributed by atoms with E-state index in [1.165, 1.54) is 0 Å². The maximum Gasteiger partial charge on any atom is 0.251 e. The van der Waals surface area contributed by atoms with Crippen LogP contribution in [0.25, 0.3) is 0 Å². The van der Waals surface area contributed by atoms with E-state index in [4.69, 9.17) is 0 Å². The molecule has 18 heavy (non-hydrogen) atoms. The molecule has 0 bridgehead atoms. The van der Waals surface area contributed by atoms with Crippen LogP contribution in [0.2, 0.25) is 0 Å². The van der Waals surface area contributed by atoms with Crippen molar-refractivity contribution in [1.82, 2.24) is 5.32 Å². The van der Waals surface area contributed by atoms with Crippen molar-refractivity contribution >= 4 is 21.8 Å². The molecule has 0 saturated heterocycles. The molecule has 0 aliphatic carbocycles. The molecule has 0 atom stereocenters. The number of carbonyl (C=O) groups excluding carboxylic acids is 1. The Hall–Kier alpha value is -1.61. The van der Waals surface area contributed by atoms with Gasteiger partial charge in [-0.25, -0.2) is 0 Å². The highest BCUT2D eigenvalue weighted by molar-refractivity contribution is 9.10. The van der Waals surface area contributed by atoms with Crippen molar-refractivity contribution in [2.45, 2.75) is 13.5 Å². The number of amides is 1. The van der Waals surface area contributed by atoms with Crippen LogP contribution in [-0.2, 0) is 6.54 Å². The number of hydrogen-bond acceptors (Lipinski definition) is 1. The molecule has 2 aromatic carbocycles. The molecule has 0 fully saturated rings. The minimum atomic E-state index is -0.0436. The van der Waals surface area contributed by atoms with Crippen LogP contribution in [-0.4, -0.2) is 5.91 Å². The summed E-state index contributed by atoms with van der Waals surface area (Å²) in [6, 6.07) is 15.5. The van der Waals surface area contributed by atoms with Gasteiger partial charge in [0.05, 0.1) is 0 Å². The second-order valence-electron chi connectivity index (χ2n) is 4.18. The topological polar surface area (TPSA) is 29.1 Å². The van der Waals surface area contributed by atoms with Gasteiger partial charge in [-0.2, -0.15) is 0 Å². The van der Waals surface area contributed by atoms with E-state index in [9.17, 15) is 4.79 Å². The summed E-state index contributed by atoms with van der Waals surface area (Å²) in [6.07, 6.45) is 0. The molecular weight excluding hydrogens is 290 g/mol. The summed E-state index contributed by atoms with van der Waals surface area (Å²) in [4.78, 5) is 11.9. The fraction of sp³-hybridized carbons (Fsp3) is 0.133. The van der Waals surface area contributed by atoms with Gasteiger partial charge in [0.15, 0.2) is 0 Å². The van der Waals surface area contributed by atoms with Crippen molar-refractivity contribution in [2.24, 2.45) is 0 Å². The SMILES string of the molecule is Cc1ccc(C(=O)NCc2ccc(Br)cc2)cc1. The van der Waals surface area contributed by atoms with E-state index in [1.807, 2.05) is 55.5 Å². The normalized spacial score (nSPS) is 10.1. The van der Waals surface area contributed by atoms with Gasteiger partial charge in [0.25, 0.3) is 5.91 Å². The summed E-state index contributed by atoms with van der Waals surface area (Å²) in [6.45, 7) is 2.55. The summed E-state index contributed by atoms with van der Waals surface area (Å²) in [5, 5.41) is 2.90. The van der Waals surface area contributed by atoms with E-state index >= 15 is 0 Å². The molecule has 2 aromatic rings. The highest BCUT2D eigenvalue weighted by Crippen LogP contribution is 2.10. The Labute approximate surface area is 115 Å². The summed E-state index contributed by atoms with van der Waals surface area (Å²) in [5.74, 6) is -0.0436. The molecule has 0 heterocycles. The third kappa shape index (κ3) is 3.44. The number of halogens is 1. The molecule has 0 unspecified atom stereocenters. The van der Waals surface area contributed by atoms with Gasteiger partial charge in [0.1, 0.15) is 0 Å². The number of hydrogen-bond donors (Lipinski definition) is 1. The van der Waals surface area contributed by atoms with Crippen molar-refractivity contribution < 1.29 is 4.79 Å². The first-order valence-corrected chi connectivity index (χ1v) is 6.54. The molecule has 0 saturated carbocycles. The molecule has 0 aromatic heterocycles. The van der Waals surface area contributed by atoms with Crippen molar-refractivity contribution in [3.63, 3.8) is 0 Å². The zero-order chi connectivity index (χ0) is 13.0. The van der Waals surface area contributed by atoms with E-state index in [0.29, 0.717) is 12.1 Å². The van der Waals surface area contributed by atoms with Crippen LogP contribution >= 0.6 is 15.9 Å². The maximum atomic E-state index is 11.9. The first kappa shape index (κ1) is 12.8. The van der Waals surface area contributed by atoms with Gasteiger partial charge in [-0.15, -0.1) is 0 Å². The fourth-order valence-corrected chi connectivity index (χ4v) is 1.86. The first-order valence-electron chi connectivity index (χ1n) is 5.74. The van der Waals surface area contributed by atoms with Crippen molar-refractivity contribution in [1.29, 1.82) is 0 Å². The smallest absolute Gasteiger partial charge is 0.251 e. The van der Waals surface area contributed by atoms with Crippen molar-refractivity contribution in [3.05, 3.63) is 69.7 Å². The van der Waals surface area contributed by atoms with Gasteiger partial charge in [-0.3, -0.25) is 4.79 Å². The molecule has 2 rings (SSSR count). The number of benzene rings is 2. The number of nitrogens with one attached hydrogen (secondary N) is 1. The predicted molar refractivity (Wildman–Crippen MR) is 76.5 cm³/mol. The number of rotatable bonds is 3. The van der Waals surface area contributed by atoms with Gasteiger partial charge in [0, 0.05) is 16.6 Å². The average Bonchev–Trinajstić information content (AvgIpc) is 2.38. The Morgan fingerprint density at radius 2 is 1.67 bits per heavy atom. The molecule has 92 valence electrons. The monoisotopic (exact) mass is 303 g/mol. The summed E-state index contributed by atoms with van der Waals surface area (Å²) in [5.41, 5.74) is 2.93. The first-order chi connectivity index (χ1) is 8.65. The Morgan fingerprint density at radius 3 is 2.28 bits per heavy atom. The van der Waals surface area contributed by atoms with E-state index in [-0.39, 0.29) is 5.91 Å². The van der Waals surface area contributed by atoms with Crippen LogP contribution in [0.4, 0.5) is 0 Å². The third-order valence-electron chi connectivity index (χ3n) is 2.68. The Kier molecular flexibility index (Phi) is 4.15. The van der Waals surface area contributed by atoms with Crippen molar-refractivity contribution in [3.8, 4) is 0 Å². The molecular formula is C15H14BrNO. The minimum absolute atomic E-state index is 0.0436. The maximum absolute atomic E-state index is 11.9. The van der Waals surface area contributed by atoms with Crippen LogP contribution < -0.4 is 5.32 Å². The molecule has 2 nitrogen and oxygen atoms in total. The molecule has 0 aliphatic heterocycles. The van der Waals surface area contributed by atoms with E-state index in [0.717, 1.165) is 15.6 Å². The molecule has 1 amide bonds. The molecule has 0 spiro atoms. The highest BCUT2D eigenvalue weighted by Gasteiger charge is 2.04. The standard InChI is InChI=1S/C15H14BrNO/c1-11-2-6-13(7-3-11)15(18)17-10-12-4-8-14(16)9-5-12/h2-9H,10H2,1H3,(H,17,18). The van der Waals surface area contributed by atoms with Gasteiger partial charge in [-0.1, -0.05) is 45.8 Å². The van der Waals surface area contributed by atoms with E-state index in [1.54, 1.807) is 0 Å². The lowest BCUT2D eigenvalue weighted by Crippen LogP contribution is -2.22. The molecule has 3 heteroatoms. The van der Waals surface area contributed by atoms with Gasteiger partial charge in [-0.05, 0) is 36.8 Å². The predicted octanol–water partition coefficient (Wildman–Crippen LogP) is 3.69. The largest absolute Gasteiger partial charge is 0.348 e. The zero-order valence-electron chi connectivity index (χ0n) is 10.1. The zero-order valence-corrected chi connectivity index (χ0v) is 11.7. The Bertz CT molecular complexity index is 531. The minimum Gasteiger partial charge on any atom is -0.348 e. The van der Waals surface area contributed by atoms with Gasteiger partial charge < -0.3 is 5.32 Å². The summed E-state index contributed by atoms with van der Waals surface area (Å²) >= 11 is 3.38. The lowest BCUT2D eigenvalue weighted by molar-refractivity contribution is 0.0951. The van der Waals surface area contributed by atoms with Crippen LogP contribution in [0.3, 0.4) is 0 Å². The Balaban J connectivity index is 1.96. The number of carbonyl (C=O) groups is 1. The molecule has 0 aliphatic rings. The number of aryl methyl sites for hydroxylation is 1. The van der Waals surface area contributed by atoms with Gasteiger partial charge >= 0.3 is 0 Å². The second-order valence-corrected chi connectivity index (χ2v) is 5.09. The van der Waals surface area contributed by atoms with Gasteiger partial charge in [0.2, 0.25) is 0 Å². The van der Waals surface area contributed by atoms with Crippen LogP contribution in [0.1, 0.15) is 21.5 Å². The van der Waals surface area contributed by atoms with Crippen molar-refractivity contribution in [2.75, 3.05) is 0 Å². The summed E-state index contributed by atoms with van der Waals surface area (Å²) < 4.78 is 1.04. The average molecular weight is 304 g/mol. The molecule has 1 N–H and O–H groups in total. The fourth-order valence-electron chi connectivity index (χ4n) is 1.59. The highest BCUT2D eigenvalue weighted by atomic mass is 79.9. The lowest BCUT2D eigenvalue weighted by atomic mass is 10.1.